The number of carboxylic acids is 1. The van der Waals surface area contributed by atoms with Gasteiger partial charge < -0.3 is 10.4 Å². The third kappa shape index (κ3) is 3.13. The highest BCUT2D eigenvalue weighted by Gasteiger charge is 2.31. The first-order chi connectivity index (χ1) is 9.82. The monoisotopic (exact) mass is 303 g/mol. The molecule has 0 unspecified atom stereocenters. The van der Waals surface area contributed by atoms with Gasteiger partial charge in [0.05, 0.1) is 11.0 Å². The van der Waals surface area contributed by atoms with Crippen LogP contribution in [-0.4, -0.2) is 17.0 Å². The van der Waals surface area contributed by atoms with Crippen LogP contribution in [0.3, 0.4) is 0 Å². The van der Waals surface area contributed by atoms with Crippen molar-refractivity contribution in [1.82, 2.24) is 0 Å². The first-order valence-electron chi connectivity index (χ1n) is 6.52. The molecule has 2 aromatic rings. The summed E-state index contributed by atoms with van der Waals surface area (Å²) in [4.78, 5) is 24.5. The Morgan fingerprint density at radius 1 is 1.24 bits per heavy atom. The second-order valence-corrected chi connectivity index (χ2v) is 6.34. The van der Waals surface area contributed by atoms with Crippen molar-refractivity contribution in [2.24, 2.45) is 0 Å². The zero-order valence-corrected chi connectivity index (χ0v) is 13.0. The minimum atomic E-state index is -1.01. The summed E-state index contributed by atoms with van der Waals surface area (Å²) in [5, 5.41) is 13.8. The van der Waals surface area contributed by atoms with Gasteiger partial charge in [-0.25, -0.2) is 4.79 Å². The van der Waals surface area contributed by atoms with E-state index in [-0.39, 0.29) is 11.5 Å². The van der Waals surface area contributed by atoms with Crippen molar-refractivity contribution >= 4 is 28.9 Å². The predicted octanol–water partition coefficient (Wildman–Crippen LogP) is 3.67. The molecular formula is C16H17NO3S. The molecule has 0 saturated heterocycles. The van der Waals surface area contributed by atoms with Gasteiger partial charge in [0.2, 0.25) is 5.91 Å². The molecule has 110 valence electrons. The predicted molar refractivity (Wildman–Crippen MR) is 84.1 cm³/mol. The quantitative estimate of drug-likeness (QED) is 0.905. The molecule has 0 atom stereocenters. The fourth-order valence-electron chi connectivity index (χ4n) is 1.91. The van der Waals surface area contributed by atoms with Gasteiger partial charge in [-0.1, -0.05) is 12.1 Å². The van der Waals surface area contributed by atoms with Gasteiger partial charge in [0.25, 0.3) is 0 Å². The minimum Gasteiger partial charge on any atom is -0.478 e. The van der Waals surface area contributed by atoms with Crippen molar-refractivity contribution in [1.29, 1.82) is 0 Å². The molecule has 0 spiro atoms. The number of carbonyl (C=O) groups excluding carboxylic acids is 1. The van der Waals surface area contributed by atoms with Crippen molar-refractivity contribution < 1.29 is 14.7 Å². The molecule has 0 radical (unpaired) electrons. The van der Waals surface area contributed by atoms with Crippen molar-refractivity contribution in [2.75, 3.05) is 5.32 Å². The summed E-state index contributed by atoms with van der Waals surface area (Å²) < 4.78 is 0. The van der Waals surface area contributed by atoms with Crippen molar-refractivity contribution in [3.63, 3.8) is 0 Å². The van der Waals surface area contributed by atoms with Gasteiger partial charge in [-0.3, -0.25) is 4.79 Å². The third-order valence-corrected chi connectivity index (χ3v) is 4.63. The Balaban J connectivity index is 2.27. The van der Waals surface area contributed by atoms with Crippen LogP contribution < -0.4 is 5.32 Å². The van der Waals surface area contributed by atoms with Crippen LogP contribution >= 0.6 is 11.3 Å². The number of aryl methyl sites for hydroxylation is 1. The van der Waals surface area contributed by atoms with Crippen molar-refractivity contribution in [3.05, 3.63) is 51.7 Å². The Hall–Kier alpha value is -2.14. The standard InChI is InChI=1S/C16H17NO3S/c1-10-6-7-11(14(18)19)9-12(10)17-15(20)16(2,3)13-5-4-8-21-13/h4-9H,1-3H3,(H,17,20)(H,18,19). The highest BCUT2D eigenvalue weighted by molar-refractivity contribution is 7.10. The molecule has 1 amide bonds. The number of anilines is 1. The average molecular weight is 303 g/mol. The van der Waals surface area contributed by atoms with Crippen molar-refractivity contribution in [2.45, 2.75) is 26.2 Å². The lowest BCUT2D eigenvalue weighted by Gasteiger charge is -2.23. The number of hydrogen-bond donors (Lipinski definition) is 2. The molecule has 2 rings (SSSR count). The Kier molecular flexibility index (Phi) is 4.14. The maximum absolute atomic E-state index is 12.5. The van der Waals surface area contributed by atoms with Crippen molar-refractivity contribution in [3.8, 4) is 0 Å². The van der Waals surface area contributed by atoms with Crippen LogP contribution in [0.4, 0.5) is 5.69 Å². The highest BCUT2D eigenvalue weighted by Crippen LogP contribution is 2.29. The van der Waals surface area contributed by atoms with Gasteiger partial charge in [0.1, 0.15) is 0 Å². The summed E-state index contributed by atoms with van der Waals surface area (Å²) in [5.41, 5.74) is 0.851. The van der Waals surface area contributed by atoms with E-state index in [4.69, 9.17) is 5.11 Å². The molecule has 1 heterocycles. The van der Waals surface area contributed by atoms with Gasteiger partial charge >= 0.3 is 5.97 Å². The van der Waals surface area contributed by atoms with Gasteiger partial charge in [-0.2, -0.15) is 0 Å². The summed E-state index contributed by atoms with van der Waals surface area (Å²) in [7, 11) is 0. The molecule has 0 fully saturated rings. The Morgan fingerprint density at radius 2 is 1.95 bits per heavy atom. The van der Waals surface area contributed by atoms with Gasteiger partial charge in [-0.15, -0.1) is 11.3 Å². The highest BCUT2D eigenvalue weighted by atomic mass is 32.1. The maximum Gasteiger partial charge on any atom is 0.335 e. The SMILES string of the molecule is Cc1ccc(C(=O)O)cc1NC(=O)C(C)(C)c1cccs1. The molecular weight excluding hydrogens is 286 g/mol. The number of amides is 1. The Bertz CT molecular complexity index is 675. The summed E-state index contributed by atoms with van der Waals surface area (Å²) in [6.45, 7) is 5.54. The van der Waals surface area contributed by atoms with E-state index in [9.17, 15) is 9.59 Å². The van der Waals surface area contributed by atoms with E-state index in [2.05, 4.69) is 5.32 Å². The summed E-state index contributed by atoms with van der Waals surface area (Å²) in [5.74, 6) is -1.17. The Labute approximate surface area is 127 Å². The van der Waals surface area contributed by atoms with Crippen LogP contribution in [0.1, 0.15) is 34.6 Å². The van der Waals surface area contributed by atoms with Crippen LogP contribution in [0.5, 0.6) is 0 Å². The summed E-state index contributed by atoms with van der Waals surface area (Å²) >= 11 is 1.53. The van der Waals surface area contributed by atoms with E-state index >= 15 is 0 Å². The lowest BCUT2D eigenvalue weighted by molar-refractivity contribution is -0.120. The Morgan fingerprint density at radius 3 is 2.52 bits per heavy atom. The lowest BCUT2D eigenvalue weighted by atomic mass is 9.90. The van der Waals surface area contributed by atoms with E-state index in [1.54, 1.807) is 6.07 Å². The van der Waals surface area contributed by atoms with Gasteiger partial charge in [-0.05, 0) is 49.9 Å². The smallest absolute Gasteiger partial charge is 0.335 e. The molecule has 0 saturated carbocycles. The molecule has 4 nitrogen and oxygen atoms in total. The molecule has 0 bridgehead atoms. The first kappa shape index (κ1) is 15.3. The number of aromatic carboxylic acids is 1. The second kappa shape index (κ2) is 5.69. The van der Waals surface area contributed by atoms with E-state index in [0.717, 1.165) is 10.4 Å². The van der Waals surface area contributed by atoms with Crippen LogP contribution in [0.15, 0.2) is 35.7 Å². The molecule has 0 aliphatic heterocycles. The largest absolute Gasteiger partial charge is 0.478 e. The number of nitrogens with one attached hydrogen (secondary N) is 1. The number of benzene rings is 1. The molecule has 2 N–H and O–H groups in total. The summed E-state index contributed by atoms with van der Waals surface area (Å²) in [6.07, 6.45) is 0. The number of thiophene rings is 1. The number of carbonyl (C=O) groups is 2. The lowest BCUT2D eigenvalue weighted by Crippen LogP contribution is -2.34. The van der Waals surface area contributed by atoms with Crippen LogP contribution in [-0.2, 0) is 10.2 Å². The topological polar surface area (TPSA) is 66.4 Å². The van der Waals surface area contributed by atoms with E-state index < -0.39 is 11.4 Å². The number of hydrogen-bond acceptors (Lipinski definition) is 3. The van der Waals surface area contributed by atoms with Crippen LogP contribution in [0.25, 0.3) is 0 Å². The molecule has 21 heavy (non-hydrogen) atoms. The molecule has 0 aliphatic carbocycles. The first-order valence-corrected chi connectivity index (χ1v) is 7.39. The molecule has 5 heteroatoms. The second-order valence-electron chi connectivity index (χ2n) is 5.39. The van der Waals surface area contributed by atoms with E-state index in [0.29, 0.717) is 5.69 Å². The number of carboxylic acid groups (broad SMARTS) is 1. The van der Waals surface area contributed by atoms with Crippen LogP contribution in [0, 0.1) is 6.92 Å². The zero-order valence-electron chi connectivity index (χ0n) is 12.1. The fraction of sp³-hybridized carbons (Fsp3) is 0.250. The molecule has 1 aromatic carbocycles. The fourth-order valence-corrected chi connectivity index (χ4v) is 2.76. The minimum absolute atomic E-state index is 0.157. The average Bonchev–Trinajstić information content (AvgIpc) is 2.95. The van der Waals surface area contributed by atoms with Gasteiger partial charge in [0.15, 0.2) is 0 Å². The van der Waals surface area contributed by atoms with Gasteiger partial charge in [0, 0.05) is 10.6 Å². The third-order valence-electron chi connectivity index (χ3n) is 3.44. The number of rotatable bonds is 4. The maximum atomic E-state index is 12.5. The normalized spacial score (nSPS) is 11.2. The molecule has 0 aliphatic rings. The zero-order chi connectivity index (χ0) is 15.6. The van der Waals surface area contributed by atoms with E-state index in [1.165, 1.54) is 23.5 Å². The summed E-state index contributed by atoms with van der Waals surface area (Å²) in [6, 6.07) is 8.53. The van der Waals surface area contributed by atoms with E-state index in [1.807, 2.05) is 38.3 Å². The molecule has 1 aromatic heterocycles. The van der Waals surface area contributed by atoms with Crippen LogP contribution in [0.2, 0.25) is 0 Å².